The molecule has 5 heteroatoms. The predicted molar refractivity (Wildman–Crippen MR) is 83.5 cm³/mol. The molecule has 4 heterocycles. The first-order chi connectivity index (χ1) is 10.2. The number of pyridine rings is 2. The summed E-state index contributed by atoms with van der Waals surface area (Å²) in [5.74, 6) is 0.994. The average Bonchev–Trinajstić information content (AvgIpc) is 2.81. The Bertz CT molecular complexity index is 802. The summed E-state index contributed by atoms with van der Waals surface area (Å²) in [5, 5.41) is 11.9. The number of rotatable bonds is 1. The summed E-state index contributed by atoms with van der Waals surface area (Å²) in [7, 11) is 2.04. The van der Waals surface area contributed by atoms with Gasteiger partial charge in [0.05, 0.1) is 11.6 Å². The van der Waals surface area contributed by atoms with Gasteiger partial charge < -0.3 is 14.6 Å². The number of aryl methyl sites for hydroxylation is 1. The SMILES string of the molecule is Cn1c2ccncc2c2ccc(N3CCC(O)CC3)nc21. The Kier molecular flexibility index (Phi) is 2.82. The molecule has 5 nitrogen and oxygen atoms in total. The number of nitrogens with zero attached hydrogens (tertiary/aromatic N) is 4. The van der Waals surface area contributed by atoms with Crippen LogP contribution in [0.3, 0.4) is 0 Å². The Hall–Kier alpha value is -2.14. The molecule has 108 valence electrons. The van der Waals surface area contributed by atoms with Crippen LogP contribution in [0.15, 0.2) is 30.6 Å². The zero-order chi connectivity index (χ0) is 14.4. The van der Waals surface area contributed by atoms with Gasteiger partial charge in [0, 0.05) is 43.3 Å². The van der Waals surface area contributed by atoms with Crippen molar-refractivity contribution in [1.29, 1.82) is 0 Å². The second-order valence-electron chi connectivity index (χ2n) is 5.71. The highest BCUT2D eigenvalue weighted by Gasteiger charge is 2.19. The fraction of sp³-hybridized carbons (Fsp3) is 0.375. The van der Waals surface area contributed by atoms with E-state index in [1.165, 1.54) is 0 Å². The van der Waals surface area contributed by atoms with Gasteiger partial charge in [-0.2, -0.15) is 0 Å². The molecule has 1 aliphatic rings. The molecule has 0 aliphatic carbocycles. The summed E-state index contributed by atoms with van der Waals surface area (Å²) in [6, 6.07) is 6.23. The standard InChI is InChI=1S/C16H18N4O/c1-19-14-4-7-17-10-13(14)12-2-3-15(18-16(12)19)20-8-5-11(21)6-9-20/h2-4,7,10-11,21H,5-6,8-9H2,1H3. The van der Waals surface area contributed by atoms with E-state index in [4.69, 9.17) is 4.98 Å². The summed E-state index contributed by atoms with van der Waals surface area (Å²) in [4.78, 5) is 11.3. The third-order valence-electron chi connectivity index (χ3n) is 4.42. The van der Waals surface area contributed by atoms with Gasteiger partial charge in [0.1, 0.15) is 11.5 Å². The van der Waals surface area contributed by atoms with Gasteiger partial charge in [-0.05, 0) is 31.0 Å². The van der Waals surface area contributed by atoms with E-state index < -0.39 is 0 Å². The number of aliphatic hydroxyl groups is 1. The number of piperidine rings is 1. The minimum Gasteiger partial charge on any atom is -0.393 e. The minimum atomic E-state index is -0.159. The molecule has 0 unspecified atom stereocenters. The fourth-order valence-corrected chi connectivity index (χ4v) is 3.18. The van der Waals surface area contributed by atoms with Gasteiger partial charge in [-0.15, -0.1) is 0 Å². The van der Waals surface area contributed by atoms with Crippen LogP contribution >= 0.6 is 0 Å². The average molecular weight is 282 g/mol. The monoisotopic (exact) mass is 282 g/mol. The summed E-state index contributed by atoms with van der Waals surface area (Å²) in [6.07, 6.45) is 5.19. The van der Waals surface area contributed by atoms with Crippen LogP contribution in [0.5, 0.6) is 0 Å². The lowest BCUT2D eigenvalue weighted by molar-refractivity contribution is 0.145. The predicted octanol–water partition coefficient (Wildman–Crippen LogP) is 2.08. The second-order valence-corrected chi connectivity index (χ2v) is 5.71. The smallest absolute Gasteiger partial charge is 0.143 e. The lowest BCUT2D eigenvalue weighted by atomic mass is 10.1. The lowest BCUT2D eigenvalue weighted by Crippen LogP contribution is -2.36. The fourth-order valence-electron chi connectivity index (χ4n) is 3.18. The Morgan fingerprint density at radius 3 is 2.76 bits per heavy atom. The van der Waals surface area contributed by atoms with Crippen LogP contribution in [-0.4, -0.2) is 38.8 Å². The van der Waals surface area contributed by atoms with E-state index >= 15 is 0 Å². The molecule has 0 bridgehead atoms. The van der Waals surface area contributed by atoms with Crippen molar-refractivity contribution in [2.45, 2.75) is 18.9 Å². The quantitative estimate of drug-likeness (QED) is 0.742. The van der Waals surface area contributed by atoms with E-state index in [0.717, 1.165) is 53.7 Å². The van der Waals surface area contributed by atoms with Gasteiger partial charge in [0.15, 0.2) is 0 Å². The van der Waals surface area contributed by atoms with Crippen molar-refractivity contribution in [2.24, 2.45) is 7.05 Å². The van der Waals surface area contributed by atoms with Gasteiger partial charge in [-0.3, -0.25) is 4.98 Å². The Labute approximate surface area is 122 Å². The molecular weight excluding hydrogens is 264 g/mol. The number of hydrogen-bond donors (Lipinski definition) is 1. The number of aromatic nitrogens is 3. The number of hydrogen-bond acceptors (Lipinski definition) is 4. The van der Waals surface area contributed by atoms with E-state index in [2.05, 4.69) is 26.6 Å². The molecule has 0 radical (unpaired) electrons. The van der Waals surface area contributed by atoms with E-state index in [1.807, 2.05) is 25.5 Å². The maximum absolute atomic E-state index is 9.63. The van der Waals surface area contributed by atoms with Crippen LogP contribution in [0.1, 0.15) is 12.8 Å². The molecule has 1 saturated heterocycles. The van der Waals surface area contributed by atoms with E-state index in [9.17, 15) is 5.11 Å². The topological polar surface area (TPSA) is 54.2 Å². The molecular formula is C16H18N4O. The van der Waals surface area contributed by atoms with Gasteiger partial charge >= 0.3 is 0 Å². The zero-order valence-electron chi connectivity index (χ0n) is 12.0. The molecule has 4 rings (SSSR count). The number of aliphatic hydroxyl groups excluding tert-OH is 1. The summed E-state index contributed by atoms with van der Waals surface area (Å²) in [5.41, 5.74) is 2.14. The van der Waals surface area contributed by atoms with Crippen molar-refractivity contribution in [3.8, 4) is 0 Å². The van der Waals surface area contributed by atoms with Crippen LogP contribution in [0, 0.1) is 0 Å². The first-order valence-electron chi connectivity index (χ1n) is 7.36. The van der Waals surface area contributed by atoms with Crippen molar-refractivity contribution in [3.63, 3.8) is 0 Å². The van der Waals surface area contributed by atoms with Crippen molar-refractivity contribution < 1.29 is 5.11 Å². The highest BCUT2D eigenvalue weighted by Crippen LogP contribution is 2.28. The second kappa shape index (κ2) is 4.70. The highest BCUT2D eigenvalue weighted by atomic mass is 16.3. The van der Waals surface area contributed by atoms with Gasteiger partial charge in [0.2, 0.25) is 0 Å². The molecule has 3 aromatic heterocycles. The molecule has 0 aromatic carbocycles. The Morgan fingerprint density at radius 2 is 1.95 bits per heavy atom. The van der Waals surface area contributed by atoms with E-state index in [1.54, 1.807) is 0 Å². The van der Waals surface area contributed by atoms with Crippen molar-refractivity contribution >= 4 is 27.8 Å². The van der Waals surface area contributed by atoms with Gasteiger partial charge in [0.25, 0.3) is 0 Å². The van der Waals surface area contributed by atoms with Crippen LogP contribution in [0.2, 0.25) is 0 Å². The highest BCUT2D eigenvalue weighted by molar-refractivity contribution is 6.06. The molecule has 3 aromatic rings. The van der Waals surface area contributed by atoms with E-state index in [-0.39, 0.29) is 6.10 Å². The van der Waals surface area contributed by atoms with Crippen molar-refractivity contribution in [3.05, 3.63) is 30.6 Å². The maximum atomic E-state index is 9.63. The largest absolute Gasteiger partial charge is 0.393 e. The molecule has 0 amide bonds. The molecule has 1 fully saturated rings. The van der Waals surface area contributed by atoms with Crippen molar-refractivity contribution in [1.82, 2.24) is 14.5 Å². The molecule has 1 aliphatic heterocycles. The molecule has 1 N–H and O–H groups in total. The van der Waals surface area contributed by atoms with Crippen LogP contribution in [-0.2, 0) is 7.05 Å². The molecule has 0 atom stereocenters. The van der Waals surface area contributed by atoms with Gasteiger partial charge in [-0.25, -0.2) is 4.98 Å². The summed E-state index contributed by atoms with van der Waals surface area (Å²) in [6.45, 7) is 1.73. The first kappa shape index (κ1) is 12.6. The Balaban J connectivity index is 1.83. The maximum Gasteiger partial charge on any atom is 0.143 e. The third-order valence-corrected chi connectivity index (χ3v) is 4.42. The Morgan fingerprint density at radius 1 is 1.14 bits per heavy atom. The number of fused-ring (bicyclic) bond motifs is 3. The first-order valence-corrected chi connectivity index (χ1v) is 7.36. The summed E-state index contributed by atoms with van der Waals surface area (Å²) < 4.78 is 2.12. The van der Waals surface area contributed by atoms with Crippen LogP contribution in [0.25, 0.3) is 21.9 Å². The normalized spacial score (nSPS) is 17.0. The molecule has 0 saturated carbocycles. The molecule has 0 spiro atoms. The minimum absolute atomic E-state index is 0.159. The van der Waals surface area contributed by atoms with Crippen molar-refractivity contribution in [2.75, 3.05) is 18.0 Å². The zero-order valence-corrected chi connectivity index (χ0v) is 12.0. The van der Waals surface area contributed by atoms with Crippen LogP contribution in [0.4, 0.5) is 5.82 Å². The third kappa shape index (κ3) is 1.96. The number of anilines is 1. The van der Waals surface area contributed by atoms with E-state index in [0.29, 0.717) is 0 Å². The lowest BCUT2D eigenvalue weighted by Gasteiger charge is -2.30. The van der Waals surface area contributed by atoms with Crippen LogP contribution < -0.4 is 4.90 Å². The summed E-state index contributed by atoms with van der Waals surface area (Å²) >= 11 is 0. The van der Waals surface area contributed by atoms with Gasteiger partial charge in [-0.1, -0.05) is 0 Å². The molecule has 21 heavy (non-hydrogen) atoms.